The Morgan fingerprint density at radius 1 is 1.31 bits per heavy atom. The number of nitrogens with zero attached hydrogens (tertiary/aromatic N) is 2. The van der Waals surface area contributed by atoms with E-state index < -0.39 is 27.1 Å². The molecule has 0 amide bonds. The van der Waals surface area contributed by atoms with Crippen LogP contribution in [0, 0.1) is 23.1 Å². The van der Waals surface area contributed by atoms with E-state index in [-0.39, 0.29) is 11.4 Å². The number of hydrogen-bond donors (Lipinski definition) is 2. The largest absolute Gasteiger partial charge is 0.396 e. The first kappa shape index (κ1) is 21.4. The van der Waals surface area contributed by atoms with Crippen molar-refractivity contribution in [1.29, 1.82) is 5.26 Å². The predicted octanol–water partition coefficient (Wildman–Crippen LogP) is 4.16. The summed E-state index contributed by atoms with van der Waals surface area (Å²) >= 11 is 0. The zero-order chi connectivity index (χ0) is 21.2. The third-order valence-corrected chi connectivity index (χ3v) is 6.88. The molecule has 1 aromatic carbocycles. The summed E-state index contributed by atoms with van der Waals surface area (Å²) in [6.45, 7) is 5.67. The molecule has 0 saturated heterocycles. The first-order valence-electron chi connectivity index (χ1n) is 9.78. The Balaban J connectivity index is 2.19. The second-order valence-corrected chi connectivity index (χ2v) is 10.6. The topological polar surface area (TPSA) is 91.8 Å². The fourth-order valence-electron chi connectivity index (χ4n) is 3.26. The van der Waals surface area contributed by atoms with E-state index >= 15 is 0 Å². The number of halogens is 1. The average molecular weight is 415 g/mol. The van der Waals surface area contributed by atoms with Crippen LogP contribution < -0.4 is 10.5 Å². The van der Waals surface area contributed by atoms with Crippen molar-refractivity contribution in [2.24, 2.45) is 5.92 Å². The van der Waals surface area contributed by atoms with Gasteiger partial charge in [0.15, 0.2) is 0 Å². The smallest absolute Gasteiger partial charge is 0.146 e. The van der Waals surface area contributed by atoms with Crippen LogP contribution in [0.3, 0.4) is 0 Å². The Labute approximate surface area is 174 Å². The number of rotatable bonds is 7. The lowest BCUT2D eigenvalue weighted by Crippen LogP contribution is -2.49. The summed E-state index contributed by atoms with van der Waals surface area (Å²) in [6, 6.07) is 11.9. The van der Waals surface area contributed by atoms with Gasteiger partial charge in [0.1, 0.15) is 17.6 Å². The number of benzene rings is 1. The van der Waals surface area contributed by atoms with E-state index in [2.05, 4.69) is 15.8 Å². The summed E-state index contributed by atoms with van der Waals surface area (Å²) < 4.78 is 29.9. The van der Waals surface area contributed by atoms with E-state index in [1.807, 2.05) is 26.8 Å². The molecule has 154 valence electrons. The monoisotopic (exact) mass is 414 g/mol. The molecule has 5 nitrogen and oxygen atoms in total. The highest BCUT2D eigenvalue weighted by Crippen LogP contribution is 2.42. The van der Waals surface area contributed by atoms with Crippen LogP contribution in [0.4, 0.5) is 10.1 Å². The molecule has 29 heavy (non-hydrogen) atoms. The van der Waals surface area contributed by atoms with Crippen LogP contribution in [-0.2, 0) is 16.5 Å². The Hall–Kier alpha value is -2.30. The van der Waals surface area contributed by atoms with Crippen molar-refractivity contribution < 1.29 is 8.60 Å². The number of anilines is 1. The van der Waals surface area contributed by atoms with Crippen LogP contribution >= 0.6 is 0 Å². The van der Waals surface area contributed by atoms with Crippen molar-refractivity contribution >= 4 is 16.7 Å². The van der Waals surface area contributed by atoms with Crippen molar-refractivity contribution in [1.82, 2.24) is 9.71 Å². The lowest BCUT2D eigenvalue weighted by atomic mass is 9.82. The molecule has 1 heterocycles. The maximum Gasteiger partial charge on any atom is 0.146 e. The van der Waals surface area contributed by atoms with Crippen molar-refractivity contribution in [3.05, 3.63) is 59.2 Å². The Morgan fingerprint density at radius 2 is 2.03 bits per heavy atom. The van der Waals surface area contributed by atoms with E-state index in [9.17, 15) is 13.9 Å². The molecule has 0 aliphatic heterocycles. The molecule has 1 aliphatic rings. The minimum absolute atomic E-state index is 0.0260. The van der Waals surface area contributed by atoms with E-state index in [1.165, 1.54) is 18.9 Å². The van der Waals surface area contributed by atoms with Crippen molar-refractivity contribution in [2.45, 2.75) is 56.7 Å². The van der Waals surface area contributed by atoms with Gasteiger partial charge in [-0.15, -0.1) is 0 Å². The molecule has 3 N–H and O–H groups in total. The van der Waals surface area contributed by atoms with Gasteiger partial charge in [0, 0.05) is 0 Å². The van der Waals surface area contributed by atoms with Gasteiger partial charge in [-0.2, -0.15) is 5.26 Å². The summed E-state index contributed by atoms with van der Waals surface area (Å²) in [4.78, 5) is 4.53. The molecule has 0 bridgehead atoms. The van der Waals surface area contributed by atoms with Crippen LogP contribution in [0.5, 0.6) is 0 Å². The first-order chi connectivity index (χ1) is 13.7. The lowest BCUT2D eigenvalue weighted by Gasteiger charge is -2.37. The van der Waals surface area contributed by atoms with E-state index in [0.717, 1.165) is 6.42 Å². The van der Waals surface area contributed by atoms with Gasteiger partial charge in [0.25, 0.3) is 0 Å². The molecule has 3 rings (SSSR count). The fourth-order valence-corrected chi connectivity index (χ4v) is 4.21. The predicted molar refractivity (Wildman–Crippen MR) is 114 cm³/mol. The minimum atomic E-state index is -1.43. The SMILES string of the molecule is CC(C)(C)[S@@](=O)NC(CCC1CC1)(c1ccc(F)c(N)c1)c1cccc(C#N)n1. The number of aromatic nitrogens is 1. The zero-order valence-corrected chi connectivity index (χ0v) is 17.9. The third-order valence-electron chi connectivity index (χ3n) is 5.24. The molecule has 1 unspecified atom stereocenters. The number of hydrogen-bond acceptors (Lipinski definition) is 4. The van der Waals surface area contributed by atoms with Gasteiger partial charge in [0.2, 0.25) is 0 Å². The van der Waals surface area contributed by atoms with Gasteiger partial charge in [-0.25, -0.2) is 18.3 Å². The maximum absolute atomic E-state index is 13.9. The van der Waals surface area contributed by atoms with Crippen LogP contribution in [0.2, 0.25) is 0 Å². The van der Waals surface area contributed by atoms with Gasteiger partial charge < -0.3 is 5.73 Å². The Bertz CT molecular complexity index is 962. The first-order valence-corrected chi connectivity index (χ1v) is 10.9. The average Bonchev–Trinajstić information content (AvgIpc) is 3.51. The summed E-state index contributed by atoms with van der Waals surface area (Å²) in [5.41, 5.74) is 6.51. The maximum atomic E-state index is 13.9. The molecule has 1 aromatic heterocycles. The Morgan fingerprint density at radius 3 is 2.62 bits per heavy atom. The number of nitrogens with two attached hydrogens (primary N) is 1. The quantitative estimate of drug-likeness (QED) is 0.666. The highest BCUT2D eigenvalue weighted by molar-refractivity contribution is 7.84. The molecular weight excluding hydrogens is 387 g/mol. The minimum Gasteiger partial charge on any atom is -0.396 e. The normalized spacial score (nSPS) is 17.3. The van der Waals surface area contributed by atoms with Crippen LogP contribution in [-0.4, -0.2) is 13.9 Å². The summed E-state index contributed by atoms with van der Waals surface area (Å²) in [5, 5.41) is 9.36. The summed E-state index contributed by atoms with van der Waals surface area (Å²) in [7, 11) is -1.43. The Kier molecular flexibility index (Phi) is 6.06. The zero-order valence-electron chi connectivity index (χ0n) is 17.0. The number of nitrogen functional groups attached to an aromatic ring is 1. The molecule has 1 fully saturated rings. The second-order valence-electron chi connectivity index (χ2n) is 8.63. The fraction of sp³-hybridized carbons (Fsp3) is 0.455. The standard InChI is InChI=1S/C22H27FN4OS/c1-21(2,3)29(28)27-22(12-11-15-7-8-15,16-9-10-18(23)19(25)13-16)20-6-4-5-17(14-24)26-20/h4-6,9-10,13,15,27H,7-8,11-12,25H2,1-3H3/t22?,29-/m1/s1. The van der Waals surface area contributed by atoms with Gasteiger partial charge in [-0.3, -0.25) is 0 Å². The van der Waals surface area contributed by atoms with Gasteiger partial charge >= 0.3 is 0 Å². The highest BCUT2D eigenvalue weighted by atomic mass is 32.2. The number of nitriles is 1. The molecule has 1 aliphatic carbocycles. The van der Waals surface area contributed by atoms with E-state index in [1.54, 1.807) is 24.3 Å². The second kappa shape index (κ2) is 8.21. The number of nitrogens with one attached hydrogen (secondary N) is 1. The van der Waals surface area contributed by atoms with Gasteiger partial charge in [-0.05, 0) is 69.4 Å². The van der Waals surface area contributed by atoms with Crippen molar-refractivity contribution in [3.8, 4) is 6.07 Å². The molecular formula is C22H27FN4OS. The van der Waals surface area contributed by atoms with Crippen molar-refractivity contribution in [3.63, 3.8) is 0 Å². The summed E-state index contributed by atoms with van der Waals surface area (Å²) in [5.74, 6) is 0.122. The molecule has 1 saturated carbocycles. The molecule has 0 radical (unpaired) electrons. The lowest BCUT2D eigenvalue weighted by molar-refractivity contribution is 0.405. The van der Waals surface area contributed by atoms with Gasteiger partial charge in [-0.1, -0.05) is 25.0 Å². The highest BCUT2D eigenvalue weighted by Gasteiger charge is 2.41. The van der Waals surface area contributed by atoms with Crippen molar-refractivity contribution in [2.75, 3.05) is 5.73 Å². The van der Waals surface area contributed by atoms with Gasteiger partial charge in [0.05, 0.1) is 32.7 Å². The molecule has 2 aromatic rings. The van der Waals surface area contributed by atoms with Crippen LogP contribution in [0.25, 0.3) is 0 Å². The molecule has 7 heteroatoms. The van der Waals surface area contributed by atoms with E-state index in [4.69, 9.17) is 5.73 Å². The van der Waals surface area contributed by atoms with Crippen LogP contribution in [0.15, 0.2) is 36.4 Å². The van der Waals surface area contributed by atoms with Crippen LogP contribution in [0.1, 0.15) is 63.4 Å². The molecule has 2 atom stereocenters. The third kappa shape index (κ3) is 4.82. The summed E-state index contributed by atoms with van der Waals surface area (Å²) in [6.07, 6.45) is 3.88. The molecule has 0 spiro atoms. The number of pyridine rings is 1. The van der Waals surface area contributed by atoms with E-state index in [0.29, 0.717) is 23.6 Å².